The van der Waals surface area contributed by atoms with Crippen molar-refractivity contribution in [3.05, 3.63) is 47.5 Å². The smallest absolute Gasteiger partial charge is 0.170 e. The highest BCUT2D eigenvalue weighted by molar-refractivity contribution is 5.56. The zero-order chi connectivity index (χ0) is 15.0. The average molecular weight is 282 g/mol. The van der Waals surface area contributed by atoms with Crippen molar-refractivity contribution in [2.24, 2.45) is 0 Å². The minimum Gasteiger partial charge on any atom is -0.450 e. The molecule has 110 valence electrons. The third-order valence-corrected chi connectivity index (χ3v) is 4.22. The van der Waals surface area contributed by atoms with E-state index in [9.17, 15) is 0 Å². The van der Waals surface area contributed by atoms with Crippen molar-refractivity contribution in [2.75, 3.05) is 0 Å². The van der Waals surface area contributed by atoms with E-state index in [-0.39, 0.29) is 0 Å². The molecule has 0 aliphatic carbocycles. The molecule has 3 rings (SSSR count). The van der Waals surface area contributed by atoms with E-state index in [2.05, 4.69) is 52.0 Å². The predicted molar refractivity (Wildman–Crippen MR) is 85.8 cm³/mol. The molecule has 0 N–H and O–H groups in total. The average Bonchev–Trinajstić information content (AvgIpc) is 2.50. The molecule has 0 bridgehead atoms. The summed E-state index contributed by atoms with van der Waals surface area (Å²) < 4.78 is 12.0. The molecule has 1 aliphatic rings. The molecular formula is C19H22O2. The van der Waals surface area contributed by atoms with Crippen molar-refractivity contribution >= 4 is 0 Å². The van der Waals surface area contributed by atoms with Crippen molar-refractivity contribution in [3.8, 4) is 23.0 Å². The van der Waals surface area contributed by atoms with Crippen molar-refractivity contribution < 1.29 is 9.47 Å². The Morgan fingerprint density at radius 2 is 1.29 bits per heavy atom. The number of hydrogen-bond donors (Lipinski definition) is 0. The van der Waals surface area contributed by atoms with Crippen molar-refractivity contribution in [3.63, 3.8) is 0 Å². The summed E-state index contributed by atoms with van der Waals surface area (Å²) in [6.07, 6.45) is 1.12. The molecule has 2 aromatic carbocycles. The van der Waals surface area contributed by atoms with Gasteiger partial charge in [-0.1, -0.05) is 39.8 Å². The first kappa shape index (κ1) is 14.0. The van der Waals surface area contributed by atoms with Crippen LogP contribution in [-0.4, -0.2) is 0 Å². The van der Waals surface area contributed by atoms with Crippen LogP contribution < -0.4 is 9.47 Å². The fraction of sp³-hybridized carbons (Fsp3) is 0.368. The van der Waals surface area contributed by atoms with E-state index in [0.717, 1.165) is 29.4 Å². The third-order valence-electron chi connectivity index (χ3n) is 4.22. The van der Waals surface area contributed by atoms with Crippen molar-refractivity contribution in [2.45, 2.75) is 46.0 Å². The Morgan fingerprint density at radius 1 is 0.762 bits per heavy atom. The summed E-state index contributed by atoms with van der Waals surface area (Å²) in [6, 6.07) is 12.4. The van der Waals surface area contributed by atoms with Gasteiger partial charge in [0, 0.05) is 0 Å². The van der Waals surface area contributed by atoms with Gasteiger partial charge in [0.25, 0.3) is 0 Å². The predicted octanol–water partition coefficient (Wildman–Crippen LogP) is 6.22. The lowest BCUT2D eigenvalue weighted by Gasteiger charge is -2.23. The van der Waals surface area contributed by atoms with Crippen molar-refractivity contribution in [1.29, 1.82) is 0 Å². The van der Waals surface area contributed by atoms with Gasteiger partial charge in [0.15, 0.2) is 23.0 Å². The quantitative estimate of drug-likeness (QED) is 0.567. The monoisotopic (exact) mass is 282 g/mol. The number of fused-ring (bicyclic) bond motifs is 2. The first-order valence-electron chi connectivity index (χ1n) is 7.72. The number of hydrogen-bond acceptors (Lipinski definition) is 2. The van der Waals surface area contributed by atoms with Gasteiger partial charge in [0.1, 0.15) is 0 Å². The standard InChI is InChI=1S/C19H22O2/c1-5-13(4)15-7-9-17-19(11-15)21-16-8-6-14(12(2)3)10-18(16)20-17/h6-13H,5H2,1-4H3/t13-/m0/s1. The van der Waals surface area contributed by atoms with Crippen LogP contribution in [0.3, 0.4) is 0 Å². The van der Waals surface area contributed by atoms with E-state index in [1.807, 2.05) is 12.1 Å². The summed E-state index contributed by atoms with van der Waals surface area (Å²) in [5.74, 6) is 4.24. The second-order valence-electron chi connectivity index (χ2n) is 6.08. The maximum atomic E-state index is 6.02. The van der Waals surface area contributed by atoms with Gasteiger partial charge in [-0.3, -0.25) is 0 Å². The Balaban J connectivity index is 1.94. The summed E-state index contributed by atoms with van der Waals surface area (Å²) in [6.45, 7) is 8.79. The maximum absolute atomic E-state index is 6.02. The lowest BCUT2D eigenvalue weighted by Crippen LogP contribution is -2.02. The molecule has 0 radical (unpaired) electrons. The Morgan fingerprint density at radius 3 is 1.81 bits per heavy atom. The van der Waals surface area contributed by atoms with Crippen LogP contribution in [0.25, 0.3) is 0 Å². The second kappa shape index (κ2) is 5.44. The highest BCUT2D eigenvalue weighted by Crippen LogP contribution is 2.46. The van der Waals surface area contributed by atoms with Crippen LogP contribution in [0.15, 0.2) is 36.4 Å². The molecule has 2 heteroatoms. The number of ether oxygens (including phenoxy) is 2. The van der Waals surface area contributed by atoms with E-state index in [0.29, 0.717) is 11.8 Å². The molecule has 0 fully saturated rings. The topological polar surface area (TPSA) is 18.5 Å². The summed E-state index contributed by atoms with van der Waals surface area (Å²) in [5, 5.41) is 0. The summed E-state index contributed by atoms with van der Waals surface area (Å²) in [7, 11) is 0. The Labute approximate surface area is 126 Å². The fourth-order valence-corrected chi connectivity index (χ4v) is 2.52. The molecule has 21 heavy (non-hydrogen) atoms. The molecule has 0 unspecified atom stereocenters. The first-order chi connectivity index (χ1) is 10.1. The fourth-order valence-electron chi connectivity index (χ4n) is 2.52. The van der Waals surface area contributed by atoms with Crippen molar-refractivity contribution in [1.82, 2.24) is 0 Å². The third kappa shape index (κ3) is 2.63. The highest BCUT2D eigenvalue weighted by Gasteiger charge is 2.20. The minimum absolute atomic E-state index is 0.480. The van der Waals surface area contributed by atoms with Gasteiger partial charge in [0.2, 0.25) is 0 Å². The van der Waals surface area contributed by atoms with Gasteiger partial charge in [-0.25, -0.2) is 0 Å². The molecule has 0 saturated carbocycles. The molecule has 1 atom stereocenters. The summed E-state index contributed by atoms with van der Waals surface area (Å²) in [5.41, 5.74) is 2.55. The van der Waals surface area contributed by atoms with E-state index >= 15 is 0 Å². The van der Waals surface area contributed by atoms with Gasteiger partial charge in [-0.15, -0.1) is 0 Å². The molecule has 0 spiro atoms. The van der Waals surface area contributed by atoms with Crippen LogP contribution in [0.1, 0.15) is 57.1 Å². The van der Waals surface area contributed by atoms with Crippen LogP contribution in [-0.2, 0) is 0 Å². The number of benzene rings is 2. The van der Waals surface area contributed by atoms with Gasteiger partial charge >= 0.3 is 0 Å². The lowest BCUT2D eigenvalue weighted by atomic mass is 9.98. The molecule has 1 aliphatic heterocycles. The molecule has 1 heterocycles. The Kier molecular flexibility index (Phi) is 3.62. The maximum Gasteiger partial charge on any atom is 0.170 e. The van der Waals surface area contributed by atoms with Crippen LogP contribution in [0.4, 0.5) is 0 Å². The van der Waals surface area contributed by atoms with Gasteiger partial charge < -0.3 is 9.47 Å². The van der Waals surface area contributed by atoms with Gasteiger partial charge in [-0.2, -0.15) is 0 Å². The van der Waals surface area contributed by atoms with Crippen LogP contribution in [0.2, 0.25) is 0 Å². The van der Waals surface area contributed by atoms with Crippen LogP contribution in [0.5, 0.6) is 23.0 Å². The lowest BCUT2D eigenvalue weighted by molar-refractivity contribution is 0.358. The minimum atomic E-state index is 0.480. The van der Waals surface area contributed by atoms with Gasteiger partial charge in [-0.05, 0) is 53.6 Å². The highest BCUT2D eigenvalue weighted by atomic mass is 16.6. The molecule has 0 amide bonds. The SMILES string of the molecule is CC[C@H](C)c1ccc2c(c1)Oc1ccc(C(C)C)cc1O2. The van der Waals surface area contributed by atoms with E-state index in [1.165, 1.54) is 11.1 Å². The number of rotatable bonds is 3. The Hall–Kier alpha value is -1.96. The van der Waals surface area contributed by atoms with E-state index in [1.54, 1.807) is 0 Å². The summed E-state index contributed by atoms with van der Waals surface area (Å²) in [4.78, 5) is 0. The molecule has 2 aromatic rings. The van der Waals surface area contributed by atoms with Crippen LogP contribution in [0, 0.1) is 0 Å². The van der Waals surface area contributed by atoms with E-state index < -0.39 is 0 Å². The van der Waals surface area contributed by atoms with Gasteiger partial charge in [0.05, 0.1) is 0 Å². The normalized spacial score (nSPS) is 14.0. The molecular weight excluding hydrogens is 260 g/mol. The zero-order valence-electron chi connectivity index (χ0n) is 13.1. The zero-order valence-corrected chi connectivity index (χ0v) is 13.1. The first-order valence-corrected chi connectivity index (χ1v) is 7.72. The second-order valence-corrected chi connectivity index (χ2v) is 6.08. The molecule has 2 nitrogen and oxygen atoms in total. The van der Waals surface area contributed by atoms with E-state index in [4.69, 9.17) is 9.47 Å². The largest absolute Gasteiger partial charge is 0.450 e. The molecule has 0 saturated heterocycles. The van der Waals surface area contributed by atoms with Crippen LogP contribution >= 0.6 is 0 Å². The molecule has 0 aromatic heterocycles. The Bertz CT molecular complexity index is 659. The summed E-state index contributed by atoms with van der Waals surface area (Å²) >= 11 is 0.